The summed E-state index contributed by atoms with van der Waals surface area (Å²) in [5, 5.41) is 27.7. The van der Waals surface area contributed by atoms with Crippen LogP contribution in [0.2, 0.25) is 0 Å². The molecule has 0 fully saturated rings. The van der Waals surface area contributed by atoms with Gasteiger partial charge in [0.1, 0.15) is 17.1 Å². The molecule has 3 aromatic carbocycles. The first-order valence-corrected chi connectivity index (χ1v) is 8.45. The number of benzene rings is 3. The van der Waals surface area contributed by atoms with Crippen LogP contribution in [0.3, 0.4) is 0 Å². The van der Waals surface area contributed by atoms with Crippen molar-refractivity contribution in [3.63, 3.8) is 0 Å². The molecular formula is C20H19N3O5. The molecular weight excluding hydrogens is 362 g/mol. The summed E-state index contributed by atoms with van der Waals surface area (Å²) in [5.74, 6) is -1.38. The minimum atomic E-state index is -0.985. The van der Waals surface area contributed by atoms with Crippen molar-refractivity contribution >= 4 is 39.2 Å². The standard InChI is InChI=1S/C20H19N3O5/c1-20(2,3)28-19(27)22-13-9-8-12-14(15(13)18(26)23-21)17(25)11-7-5-4-6-10(11)16(12)24/h4-9,21,24-25H,1-3H3,(H,22,27). The number of carbonyl (C=O) groups is 2. The van der Waals surface area contributed by atoms with E-state index in [0.717, 1.165) is 0 Å². The number of carbonyl (C=O) groups excluding carboxylic acids is 2. The summed E-state index contributed by atoms with van der Waals surface area (Å²) in [6, 6.07) is 9.45. The molecule has 0 heterocycles. The maximum atomic E-state index is 12.4. The molecule has 3 aromatic rings. The Kier molecular flexibility index (Phi) is 4.64. The van der Waals surface area contributed by atoms with Crippen LogP contribution in [0.15, 0.2) is 41.5 Å². The number of nitrogens with one attached hydrogen (secondary N) is 2. The molecule has 2 amide bonds. The van der Waals surface area contributed by atoms with Crippen molar-refractivity contribution in [2.75, 3.05) is 5.32 Å². The Hall–Kier alpha value is -3.68. The Balaban J connectivity index is 2.31. The highest BCUT2D eigenvalue weighted by atomic mass is 16.6. The number of hydrogen-bond acceptors (Lipinski definition) is 6. The van der Waals surface area contributed by atoms with Gasteiger partial charge in [-0.3, -0.25) is 10.1 Å². The minimum absolute atomic E-state index is 0.00716. The van der Waals surface area contributed by atoms with E-state index in [1.807, 2.05) is 0 Å². The number of phenolic OH excluding ortho intramolecular Hbond substituents is 2. The fraction of sp³-hybridized carbons (Fsp3) is 0.200. The first-order valence-electron chi connectivity index (χ1n) is 8.45. The van der Waals surface area contributed by atoms with E-state index in [4.69, 9.17) is 10.3 Å². The van der Waals surface area contributed by atoms with E-state index < -0.39 is 17.6 Å². The van der Waals surface area contributed by atoms with E-state index in [2.05, 4.69) is 10.4 Å². The topological polar surface area (TPSA) is 132 Å². The van der Waals surface area contributed by atoms with E-state index in [9.17, 15) is 19.8 Å². The number of phenols is 2. The Morgan fingerprint density at radius 1 is 1.00 bits per heavy atom. The number of anilines is 1. The van der Waals surface area contributed by atoms with E-state index in [0.29, 0.717) is 10.8 Å². The van der Waals surface area contributed by atoms with Crippen LogP contribution in [0.25, 0.3) is 21.5 Å². The van der Waals surface area contributed by atoms with E-state index in [1.54, 1.807) is 45.0 Å². The molecule has 0 saturated heterocycles. The Morgan fingerprint density at radius 2 is 1.61 bits per heavy atom. The zero-order valence-corrected chi connectivity index (χ0v) is 15.5. The zero-order chi connectivity index (χ0) is 20.6. The van der Waals surface area contributed by atoms with Crippen molar-refractivity contribution in [2.45, 2.75) is 26.4 Å². The second-order valence-corrected chi connectivity index (χ2v) is 7.20. The first kappa shape index (κ1) is 19.1. The molecule has 0 aliphatic carbocycles. The number of fused-ring (bicyclic) bond motifs is 2. The van der Waals surface area contributed by atoms with Gasteiger partial charge in [0.25, 0.3) is 5.91 Å². The second-order valence-electron chi connectivity index (χ2n) is 7.20. The zero-order valence-electron chi connectivity index (χ0n) is 15.5. The number of hydrogen-bond donors (Lipinski definition) is 4. The van der Waals surface area contributed by atoms with Crippen molar-refractivity contribution in [3.05, 3.63) is 42.0 Å². The smallest absolute Gasteiger partial charge is 0.412 e. The molecule has 144 valence electrons. The van der Waals surface area contributed by atoms with Crippen LogP contribution in [0.1, 0.15) is 31.1 Å². The number of amides is 2. The van der Waals surface area contributed by atoms with Crippen LogP contribution in [-0.2, 0) is 4.74 Å². The third-order valence-electron chi connectivity index (χ3n) is 4.09. The van der Waals surface area contributed by atoms with Gasteiger partial charge in [-0.25, -0.2) is 10.3 Å². The van der Waals surface area contributed by atoms with Gasteiger partial charge in [0.05, 0.1) is 11.3 Å². The number of ether oxygens (including phenoxy) is 1. The summed E-state index contributed by atoms with van der Waals surface area (Å²) >= 11 is 0. The van der Waals surface area contributed by atoms with Gasteiger partial charge in [-0.1, -0.05) is 24.3 Å². The molecule has 0 unspecified atom stereocenters. The monoisotopic (exact) mass is 381 g/mol. The lowest BCUT2D eigenvalue weighted by atomic mass is 9.95. The Labute approximate surface area is 160 Å². The molecule has 3 rings (SSSR count). The third-order valence-corrected chi connectivity index (χ3v) is 4.09. The molecule has 0 atom stereocenters. The number of nitrogens with zero attached hydrogens (tertiary/aromatic N) is 1. The highest BCUT2D eigenvalue weighted by Gasteiger charge is 2.24. The summed E-state index contributed by atoms with van der Waals surface area (Å²) in [7, 11) is 0. The van der Waals surface area contributed by atoms with Crippen molar-refractivity contribution in [1.29, 1.82) is 5.53 Å². The van der Waals surface area contributed by atoms with Gasteiger partial charge in [0, 0.05) is 21.5 Å². The molecule has 0 radical (unpaired) electrons. The molecule has 0 spiro atoms. The van der Waals surface area contributed by atoms with Crippen LogP contribution in [0.5, 0.6) is 11.5 Å². The summed E-state index contributed by atoms with van der Waals surface area (Å²) in [6.45, 7) is 5.07. The molecule has 0 aliphatic heterocycles. The van der Waals surface area contributed by atoms with Crippen LogP contribution >= 0.6 is 0 Å². The number of aromatic hydroxyl groups is 2. The van der Waals surface area contributed by atoms with Crippen LogP contribution in [-0.4, -0.2) is 27.8 Å². The normalized spacial score (nSPS) is 11.4. The molecule has 0 saturated carbocycles. The summed E-state index contributed by atoms with van der Waals surface area (Å²) in [5.41, 5.74) is 6.15. The minimum Gasteiger partial charge on any atom is -0.507 e. The van der Waals surface area contributed by atoms with Crippen molar-refractivity contribution in [1.82, 2.24) is 0 Å². The molecule has 0 aliphatic rings. The molecule has 0 bridgehead atoms. The van der Waals surface area contributed by atoms with Crippen molar-refractivity contribution < 1.29 is 24.5 Å². The van der Waals surface area contributed by atoms with E-state index in [-0.39, 0.29) is 33.5 Å². The van der Waals surface area contributed by atoms with Crippen LogP contribution in [0.4, 0.5) is 10.5 Å². The SMILES string of the molecule is CC(C)(C)OC(=O)Nc1ccc2c(O)c3ccccc3c(O)c2c1C(=O)N=N. The molecule has 8 heteroatoms. The van der Waals surface area contributed by atoms with Crippen LogP contribution < -0.4 is 5.32 Å². The van der Waals surface area contributed by atoms with Gasteiger partial charge < -0.3 is 14.9 Å². The summed E-state index contributed by atoms with van der Waals surface area (Å²) in [6.07, 6.45) is -0.810. The van der Waals surface area contributed by atoms with Gasteiger partial charge in [-0.05, 0) is 32.9 Å². The van der Waals surface area contributed by atoms with Crippen molar-refractivity contribution in [2.24, 2.45) is 5.11 Å². The van der Waals surface area contributed by atoms with Gasteiger partial charge in [-0.2, -0.15) is 0 Å². The lowest BCUT2D eigenvalue weighted by Crippen LogP contribution is -2.27. The molecule has 4 N–H and O–H groups in total. The third kappa shape index (κ3) is 3.32. The summed E-state index contributed by atoms with van der Waals surface area (Å²) in [4.78, 5) is 24.5. The molecule has 8 nitrogen and oxygen atoms in total. The predicted molar refractivity (Wildman–Crippen MR) is 104 cm³/mol. The highest BCUT2D eigenvalue weighted by molar-refractivity contribution is 6.21. The Morgan fingerprint density at radius 3 is 2.18 bits per heavy atom. The largest absolute Gasteiger partial charge is 0.507 e. The predicted octanol–water partition coefficient (Wildman–Crippen LogP) is 4.92. The fourth-order valence-corrected chi connectivity index (χ4v) is 3.02. The van der Waals surface area contributed by atoms with Gasteiger partial charge in [0.15, 0.2) is 0 Å². The van der Waals surface area contributed by atoms with Crippen molar-refractivity contribution in [3.8, 4) is 11.5 Å². The van der Waals surface area contributed by atoms with Crippen LogP contribution in [0, 0.1) is 5.53 Å². The fourth-order valence-electron chi connectivity index (χ4n) is 3.02. The number of rotatable bonds is 2. The van der Waals surface area contributed by atoms with Gasteiger partial charge in [-0.15, -0.1) is 5.11 Å². The molecule has 0 aromatic heterocycles. The molecule has 28 heavy (non-hydrogen) atoms. The quantitative estimate of drug-likeness (QED) is 0.284. The maximum Gasteiger partial charge on any atom is 0.412 e. The maximum absolute atomic E-state index is 12.4. The lowest BCUT2D eigenvalue weighted by molar-refractivity contribution is 0.0636. The van der Waals surface area contributed by atoms with E-state index in [1.165, 1.54) is 12.1 Å². The highest BCUT2D eigenvalue weighted by Crippen LogP contribution is 2.44. The Bertz CT molecular complexity index is 1130. The second kappa shape index (κ2) is 6.80. The first-order chi connectivity index (χ1) is 13.1. The van der Waals surface area contributed by atoms with Gasteiger partial charge >= 0.3 is 6.09 Å². The average molecular weight is 381 g/mol. The summed E-state index contributed by atoms with van der Waals surface area (Å²) < 4.78 is 5.20. The lowest BCUT2D eigenvalue weighted by Gasteiger charge is -2.21. The van der Waals surface area contributed by atoms with E-state index >= 15 is 0 Å². The average Bonchev–Trinajstić information content (AvgIpc) is 2.63. The van der Waals surface area contributed by atoms with Gasteiger partial charge in [0.2, 0.25) is 0 Å².